The Bertz CT molecular complexity index is 607. The Hall–Kier alpha value is -2.16. The topological polar surface area (TPSA) is 78.9 Å². The molecule has 0 spiro atoms. The normalized spacial score (nSPS) is 14.5. The quantitative estimate of drug-likeness (QED) is 0.801. The van der Waals surface area contributed by atoms with E-state index < -0.39 is 0 Å². The Kier molecular flexibility index (Phi) is 3.27. The van der Waals surface area contributed by atoms with Crippen molar-refractivity contribution in [2.24, 2.45) is 0 Å². The molecule has 2 aromatic rings. The van der Waals surface area contributed by atoms with Gasteiger partial charge < -0.3 is 5.32 Å². The first kappa shape index (κ1) is 11.9. The van der Waals surface area contributed by atoms with Crippen LogP contribution in [0.25, 0.3) is 5.65 Å². The van der Waals surface area contributed by atoms with Crippen molar-refractivity contribution in [2.75, 3.05) is 11.9 Å². The number of unbranched alkanes of at least 4 members (excludes halogenated alkanes) is 2. The lowest BCUT2D eigenvalue weighted by atomic mass is 10.2. The van der Waals surface area contributed by atoms with Crippen molar-refractivity contribution < 1.29 is 0 Å². The van der Waals surface area contributed by atoms with Crippen LogP contribution in [0.2, 0.25) is 0 Å². The van der Waals surface area contributed by atoms with Crippen molar-refractivity contribution >= 4 is 11.5 Å². The highest BCUT2D eigenvalue weighted by molar-refractivity contribution is 5.44. The summed E-state index contributed by atoms with van der Waals surface area (Å²) in [7, 11) is 0. The number of hydrogen-bond donors (Lipinski definition) is 1. The summed E-state index contributed by atoms with van der Waals surface area (Å²) in [5.41, 5.74) is 0.803. The van der Waals surface area contributed by atoms with E-state index >= 15 is 0 Å². The first-order chi connectivity index (χ1) is 9.38. The fourth-order valence-electron chi connectivity index (χ4n) is 2.04. The van der Waals surface area contributed by atoms with Crippen molar-refractivity contribution in [2.45, 2.75) is 38.0 Å². The van der Waals surface area contributed by atoms with Gasteiger partial charge in [0.1, 0.15) is 5.82 Å². The van der Waals surface area contributed by atoms with Gasteiger partial charge in [0.25, 0.3) is 0 Å². The maximum absolute atomic E-state index is 8.47. The van der Waals surface area contributed by atoms with E-state index in [2.05, 4.69) is 26.7 Å². The molecular weight excluding hydrogens is 240 g/mol. The first-order valence-electron chi connectivity index (χ1n) is 6.71. The van der Waals surface area contributed by atoms with Crippen LogP contribution >= 0.6 is 0 Å². The van der Waals surface area contributed by atoms with E-state index in [1.54, 1.807) is 0 Å². The van der Waals surface area contributed by atoms with Crippen LogP contribution in [0, 0.1) is 11.3 Å². The zero-order valence-electron chi connectivity index (χ0n) is 10.7. The second-order valence-corrected chi connectivity index (χ2v) is 4.86. The monoisotopic (exact) mass is 256 g/mol. The van der Waals surface area contributed by atoms with Crippen LogP contribution in [0.3, 0.4) is 0 Å². The Balaban J connectivity index is 1.67. The summed E-state index contributed by atoms with van der Waals surface area (Å²) in [5.74, 6) is 2.35. The second kappa shape index (κ2) is 5.22. The molecule has 0 aliphatic heterocycles. The number of nitriles is 1. The lowest BCUT2D eigenvalue weighted by molar-refractivity contribution is 0.772. The third-order valence-corrected chi connectivity index (χ3v) is 3.25. The highest BCUT2D eigenvalue weighted by atomic mass is 15.4. The number of anilines is 1. The van der Waals surface area contributed by atoms with Gasteiger partial charge in [-0.1, -0.05) is 0 Å². The molecule has 1 saturated carbocycles. The maximum Gasteiger partial charge on any atom is 0.178 e. The van der Waals surface area contributed by atoms with Crippen LogP contribution in [0.1, 0.15) is 43.8 Å². The van der Waals surface area contributed by atoms with Crippen LogP contribution in [0.4, 0.5) is 5.82 Å². The molecule has 0 aromatic carbocycles. The fourth-order valence-corrected chi connectivity index (χ4v) is 2.04. The number of nitrogens with zero attached hydrogens (tertiary/aromatic N) is 5. The molecule has 19 heavy (non-hydrogen) atoms. The van der Waals surface area contributed by atoms with Crippen LogP contribution < -0.4 is 5.32 Å². The van der Waals surface area contributed by atoms with E-state index in [1.807, 2.05) is 16.6 Å². The third-order valence-electron chi connectivity index (χ3n) is 3.25. The summed E-state index contributed by atoms with van der Waals surface area (Å²) in [6, 6.07) is 6.01. The molecule has 0 bridgehead atoms. The minimum Gasteiger partial charge on any atom is -0.369 e. The summed E-state index contributed by atoms with van der Waals surface area (Å²) in [6.45, 7) is 0.834. The highest BCUT2D eigenvalue weighted by Gasteiger charge is 2.29. The maximum atomic E-state index is 8.47. The first-order valence-corrected chi connectivity index (χ1v) is 6.71. The average molecular weight is 256 g/mol. The standard InChI is InChI=1S/C13H16N6/c14-8-2-1-3-9-15-11-6-7-12-16-17-13(10-4-5-10)19(12)18-11/h6-7,10H,1-5,9H2,(H,15,18). The molecule has 3 rings (SSSR count). The molecule has 0 amide bonds. The van der Waals surface area contributed by atoms with E-state index in [-0.39, 0.29) is 0 Å². The number of rotatable bonds is 6. The lowest BCUT2D eigenvalue weighted by Crippen LogP contribution is -2.06. The van der Waals surface area contributed by atoms with E-state index in [0.717, 1.165) is 36.7 Å². The number of aromatic nitrogens is 4. The largest absolute Gasteiger partial charge is 0.369 e. The van der Waals surface area contributed by atoms with E-state index in [1.165, 1.54) is 12.8 Å². The van der Waals surface area contributed by atoms with E-state index in [4.69, 9.17) is 5.26 Å². The zero-order valence-corrected chi connectivity index (χ0v) is 10.7. The summed E-state index contributed by atoms with van der Waals surface area (Å²) in [5, 5.41) is 24.6. The molecule has 0 unspecified atom stereocenters. The minimum atomic E-state index is 0.536. The van der Waals surface area contributed by atoms with Gasteiger partial charge >= 0.3 is 0 Å². The fraction of sp³-hybridized carbons (Fsp3) is 0.538. The van der Waals surface area contributed by atoms with Crippen molar-refractivity contribution in [3.05, 3.63) is 18.0 Å². The molecular formula is C13H16N6. The van der Waals surface area contributed by atoms with E-state index in [9.17, 15) is 0 Å². The Morgan fingerprint density at radius 3 is 3.00 bits per heavy atom. The predicted molar refractivity (Wildman–Crippen MR) is 70.7 cm³/mol. The summed E-state index contributed by atoms with van der Waals surface area (Å²) < 4.78 is 1.84. The molecule has 1 aliphatic rings. The molecule has 2 aromatic heterocycles. The smallest absolute Gasteiger partial charge is 0.178 e. The van der Waals surface area contributed by atoms with Crippen molar-refractivity contribution in [1.29, 1.82) is 5.26 Å². The summed E-state index contributed by atoms with van der Waals surface area (Å²) >= 11 is 0. The molecule has 1 aliphatic carbocycles. The van der Waals surface area contributed by atoms with Gasteiger partial charge in [-0.3, -0.25) is 0 Å². The summed E-state index contributed by atoms with van der Waals surface area (Å²) in [6.07, 6.45) is 4.89. The number of nitrogens with one attached hydrogen (secondary N) is 1. The van der Waals surface area contributed by atoms with Gasteiger partial charge in [0.2, 0.25) is 0 Å². The predicted octanol–water partition coefficient (Wildman–Crippen LogP) is 2.11. The number of hydrogen-bond acceptors (Lipinski definition) is 5. The molecule has 6 nitrogen and oxygen atoms in total. The van der Waals surface area contributed by atoms with E-state index in [0.29, 0.717) is 12.3 Å². The van der Waals surface area contributed by atoms with Gasteiger partial charge in [0.15, 0.2) is 11.5 Å². The average Bonchev–Trinajstić information content (AvgIpc) is 3.19. The third kappa shape index (κ3) is 2.65. The van der Waals surface area contributed by atoms with Gasteiger partial charge in [-0.25, -0.2) is 0 Å². The highest BCUT2D eigenvalue weighted by Crippen LogP contribution is 2.38. The molecule has 1 N–H and O–H groups in total. The Labute approximate surface area is 111 Å². The van der Waals surface area contributed by atoms with Crippen molar-refractivity contribution in [3.8, 4) is 6.07 Å². The summed E-state index contributed by atoms with van der Waals surface area (Å²) in [4.78, 5) is 0. The van der Waals surface area contributed by atoms with Crippen LogP contribution in [0.15, 0.2) is 12.1 Å². The van der Waals surface area contributed by atoms with Gasteiger partial charge in [-0.05, 0) is 37.8 Å². The molecule has 6 heteroatoms. The van der Waals surface area contributed by atoms with Gasteiger partial charge in [0, 0.05) is 18.9 Å². The Morgan fingerprint density at radius 2 is 2.21 bits per heavy atom. The van der Waals surface area contributed by atoms with Crippen molar-refractivity contribution in [3.63, 3.8) is 0 Å². The second-order valence-electron chi connectivity index (χ2n) is 4.86. The van der Waals surface area contributed by atoms with Crippen LogP contribution in [-0.2, 0) is 0 Å². The molecule has 1 fully saturated rings. The Morgan fingerprint density at radius 1 is 1.32 bits per heavy atom. The lowest BCUT2D eigenvalue weighted by Gasteiger charge is -2.05. The molecule has 0 radical (unpaired) electrons. The van der Waals surface area contributed by atoms with Gasteiger partial charge in [-0.2, -0.15) is 9.78 Å². The van der Waals surface area contributed by atoms with Gasteiger partial charge in [0.05, 0.1) is 6.07 Å². The van der Waals surface area contributed by atoms with Crippen LogP contribution in [-0.4, -0.2) is 26.4 Å². The molecule has 0 atom stereocenters. The molecule has 0 saturated heterocycles. The van der Waals surface area contributed by atoms with Crippen LogP contribution in [0.5, 0.6) is 0 Å². The number of fused-ring (bicyclic) bond motifs is 1. The molecule has 98 valence electrons. The van der Waals surface area contributed by atoms with Crippen molar-refractivity contribution in [1.82, 2.24) is 19.8 Å². The molecule has 2 heterocycles. The van der Waals surface area contributed by atoms with Gasteiger partial charge in [-0.15, -0.1) is 15.3 Å². The SMILES string of the molecule is N#CCCCCNc1ccc2nnc(C3CC3)n2n1. The minimum absolute atomic E-state index is 0.536. The zero-order chi connectivity index (χ0) is 13.1.